The van der Waals surface area contributed by atoms with E-state index in [2.05, 4.69) is 36.4 Å². The molecule has 0 radical (unpaired) electrons. The van der Waals surface area contributed by atoms with Crippen molar-refractivity contribution in [1.82, 2.24) is 9.97 Å². The predicted molar refractivity (Wildman–Crippen MR) is 112 cm³/mol. The molecule has 2 N–H and O–H groups in total. The number of benzene rings is 3. The third-order valence-electron chi connectivity index (χ3n) is 3.98. The standard InChI is InChI=1S/C21H15BrN4O/c22-16-9-7-15(8-10-16)20-24-19-4-2-1-3-18(19)21(25-20)26-23-13-14-5-11-17(27)12-6-14/h1-13,27H,(H,24,25,26)/b23-13+. The van der Waals surface area contributed by atoms with Crippen LogP contribution in [-0.2, 0) is 0 Å². The van der Waals surface area contributed by atoms with Gasteiger partial charge in [0, 0.05) is 15.4 Å². The molecule has 0 aliphatic carbocycles. The number of nitrogens with one attached hydrogen (secondary N) is 1. The van der Waals surface area contributed by atoms with Crippen molar-refractivity contribution in [3.05, 3.63) is 82.8 Å². The number of hydrogen-bond acceptors (Lipinski definition) is 5. The van der Waals surface area contributed by atoms with Gasteiger partial charge in [-0.25, -0.2) is 9.97 Å². The number of nitrogens with zero attached hydrogens (tertiary/aromatic N) is 3. The van der Waals surface area contributed by atoms with Crippen molar-refractivity contribution in [2.45, 2.75) is 0 Å². The summed E-state index contributed by atoms with van der Waals surface area (Å²) in [5.74, 6) is 1.48. The monoisotopic (exact) mass is 418 g/mol. The Morgan fingerprint density at radius 1 is 0.889 bits per heavy atom. The minimum Gasteiger partial charge on any atom is -0.508 e. The first kappa shape index (κ1) is 17.2. The van der Waals surface area contributed by atoms with Crippen molar-refractivity contribution in [3.8, 4) is 17.1 Å². The topological polar surface area (TPSA) is 70.4 Å². The fourth-order valence-corrected chi connectivity index (χ4v) is 2.88. The molecule has 27 heavy (non-hydrogen) atoms. The number of hydrogen-bond donors (Lipinski definition) is 2. The molecule has 5 nitrogen and oxygen atoms in total. The largest absolute Gasteiger partial charge is 0.508 e. The molecule has 1 aromatic heterocycles. The Bertz CT molecular complexity index is 1110. The quantitative estimate of drug-likeness (QED) is 0.352. The van der Waals surface area contributed by atoms with E-state index in [9.17, 15) is 5.11 Å². The summed E-state index contributed by atoms with van der Waals surface area (Å²) < 4.78 is 1.00. The summed E-state index contributed by atoms with van der Waals surface area (Å²) >= 11 is 3.45. The van der Waals surface area contributed by atoms with Crippen LogP contribution in [0.1, 0.15) is 5.56 Å². The molecule has 4 aromatic rings. The number of aromatic nitrogens is 2. The van der Waals surface area contributed by atoms with Gasteiger partial charge in [0.15, 0.2) is 11.6 Å². The first-order valence-corrected chi connectivity index (χ1v) is 9.09. The second kappa shape index (κ2) is 7.55. The molecule has 4 rings (SSSR count). The second-order valence-electron chi connectivity index (χ2n) is 5.88. The van der Waals surface area contributed by atoms with Crippen molar-refractivity contribution in [1.29, 1.82) is 0 Å². The van der Waals surface area contributed by atoms with E-state index in [4.69, 9.17) is 0 Å². The number of aromatic hydroxyl groups is 1. The third kappa shape index (κ3) is 3.96. The molecule has 0 bridgehead atoms. The first-order valence-electron chi connectivity index (χ1n) is 8.30. The summed E-state index contributed by atoms with van der Waals surface area (Å²) in [7, 11) is 0. The zero-order chi connectivity index (χ0) is 18.6. The Hall–Kier alpha value is -3.25. The van der Waals surface area contributed by atoms with Crippen LogP contribution in [0.25, 0.3) is 22.3 Å². The van der Waals surface area contributed by atoms with Gasteiger partial charge in [0.2, 0.25) is 0 Å². The van der Waals surface area contributed by atoms with Crippen LogP contribution >= 0.6 is 15.9 Å². The zero-order valence-electron chi connectivity index (χ0n) is 14.2. The van der Waals surface area contributed by atoms with Crippen LogP contribution in [-0.4, -0.2) is 21.3 Å². The summed E-state index contributed by atoms with van der Waals surface area (Å²) in [5, 5.41) is 14.5. The Morgan fingerprint density at radius 3 is 2.41 bits per heavy atom. The Kier molecular flexibility index (Phi) is 4.80. The van der Waals surface area contributed by atoms with Gasteiger partial charge in [0.05, 0.1) is 11.7 Å². The molecule has 0 amide bonds. The molecular formula is C21H15BrN4O. The van der Waals surface area contributed by atoms with Gasteiger partial charge in [-0.1, -0.05) is 40.2 Å². The maximum absolute atomic E-state index is 9.35. The maximum atomic E-state index is 9.35. The summed E-state index contributed by atoms with van der Waals surface area (Å²) in [6.45, 7) is 0. The van der Waals surface area contributed by atoms with E-state index in [0.717, 1.165) is 26.5 Å². The van der Waals surface area contributed by atoms with Gasteiger partial charge in [0.25, 0.3) is 0 Å². The predicted octanol–water partition coefficient (Wildman–Crippen LogP) is 5.21. The number of anilines is 1. The number of phenolic OH excluding ortho intramolecular Hbond substituents is 1. The highest BCUT2D eigenvalue weighted by Gasteiger charge is 2.08. The number of halogens is 1. The van der Waals surface area contributed by atoms with E-state index in [1.165, 1.54) is 0 Å². The van der Waals surface area contributed by atoms with Gasteiger partial charge in [-0.15, -0.1) is 0 Å². The number of para-hydroxylation sites is 1. The molecular weight excluding hydrogens is 404 g/mol. The van der Waals surface area contributed by atoms with E-state index in [0.29, 0.717) is 11.6 Å². The number of fused-ring (bicyclic) bond motifs is 1. The molecule has 0 saturated carbocycles. The van der Waals surface area contributed by atoms with E-state index >= 15 is 0 Å². The van der Waals surface area contributed by atoms with E-state index < -0.39 is 0 Å². The summed E-state index contributed by atoms with van der Waals surface area (Å²) in [5.41, 5.74) is 5.65. The average Bonchev–Trinajstić information content (AvgIpc) is 2.70. The van der Waals surface area contributed by atoms with Gasteiger partial charge in [-0.2, -0.15) is 5.10 Å². The Morgan fingerprint density at radius 2 is 1.63 bits per heavy atom. The number of rotatable bonds is 4. The first-order chi connectivity index (χ1) is 13.2. The smallest absolute Gasteiger partial charge is 0.162 e. The van der Waals surface area contributed by atoms with Gasteiger partial charge in [-0.05, 0) is 54.1 Å². The molecule has 0 spiro atoms. The lowest BCUT2D eigenvalue weighted by molar-refractivity contribution is 0.475. The van der Waals surface area contributed by atoms with Gasteiger partial charge in [-0.3, -0.25) is 5.43 Å². The second-order valence-corrected chi connectivity index (χ2v) is 6.80. The minimum atomic E-state index is 0.223. The van der Waals surface area contributed by atoms with Crippen LogP contribution in [0.4, 0.5) is 5.82 Å². The number of hydrazone groups is 1. The molecule has 0 fully saturated rings. The number of phenols is 1. The molecule has 0 aliphatic rings. The fourth-order valence-electron chi connectivity index (χ4n) is 2.62. The van der Waals surface area contributed by atoms with Crippen molar-refractivity contribution < 1.29 is 5.11 Å². The third-order valence-corrected chi connectivity index (χ3v) is 4.51. The summed E-state index contributed by atoms with van der Waals surface area (Å²) in [6.07, 6.45) is 1.68. The molecule has 0 unspecified atom stereocenters. The van der Waals surface area contributed by atoms with E-state index in [-0.39, 0.29) is 5.75 Å². The molecule has 3 aromatic carbocycles. The van der Waals surface area contributed by atoms with Crippen molar-refractivity contribution in [2.24, 2.45) is 5.10 Å². The Balaban J connectivity index is 1.70. The molecule has 0 atom stereocenters. The van der Waals surface area contributed by atoms with Gasteiger partial charge < -0.3 is 5.11 Å². The molecule has 0 saturated heterocycles. The lowest BCUT2D eigenvalue weighted by atomic mass is 10.2. The maximum Gasteiger partial charge on any atom is 0.162 e. The van der Waals surface area contributed by atoms with Crippen LogP contribution in [0, 0.1) is 0 Å². The average molecular weight is 419 g/mol. The minimum absolute atomic E-state index is 0.223. The fraction of sp³-hybridized carbons (Fsp3) is 0. The van der Waals surface area contributed by atoms with Crippen LogP contribution in [0.5, 0.6) is 5.75 Å². The van der Waals surface area contributed by atoms with Crippen molar-refractivity contribution >= 4 is 38.9 Å². The van der Waals surface area contributed by atoms with Crippen LogP contribution in [0.2, 0.25) is 0 Å². The molecule has 132 valence electrons. The lowest BCUT2D eigenvalue weighted by Gasteiger charge is -2.08. The van der Waals surface area contributed by atoms with E-state index in [1.807, 2.05) is 48.5 Å². The zero-order valence-corrected chi connectivity index (χ0v) is 15.8. The lowest BCUT2D eigenvalue weighted by Crippen LogP contribution is -1.99. The van der Waals surface area contributed by atoms with Crippen molar-refractivity contribution in [3.63, 3.8) is 0 Å². The summed E-state index contributed by atoms with van der Waals surface area (Å²) in [4.78, 5) is 9.32. The van der Waals surface area contributed by atoms with E-state index in [1.54, 1.807) is 30.5 Å². The van der Waals surface area contributed by atoms with Crippen LogP contribution < -0.4 is 5.43 Å². The molecule has 1 heterocycles. The van der Waals surface area contributed by atoms with Gasteiger partial charge >= 0.3 is 0 Å². The Labute approximate surface area is 164 Å². The highest BCUT2D eigenvalue weighted by Crippen LogP contribution is 2.25. The SMILES string of the molecule is Oc1ccc(/C=N/Nc2nc(-c3ccc(Br)cc3)nc3ccccc23)cc1. The summed E-state index contributed by atoms with van der Waals surface area (Å²) in [6, 6.07) is 22.5. The molecule has 0 aliphatic heterocycles. The van der Waals surface area contributed by atoms with Gasteiger partial charge in [0.1, 0.15) is 5.75 Å². The normalized spacial score (nSPS) is 11.1. The van der Waals surface area contributed by atoms with Crippen LogP contribution in [0.15, 0.2) is 82.4 Å². The van der Waals surface area contributed by atoms with Crippen molar-refractivity contribution in [2.75, 3.05) is 5.43 Å². The highest BCUT2D eigenvalue weighted by molar-refractivity contribution is 9.10. The van der Waals surface area contributed by atoms with Crippen LogP contribution in [0.3, 0.4) is 0 Å². The highest BCUT2D eigenvalue weighted by atomic mass is 79.9. The molecule has 6 heteroatoms.